The van der Waals surface area contributed by atoms with Crippen LogP contribution in [0.5, 0.6) is 0 Å². The minimum atomic E-state index is -0.116. The first kappa shape index (κ1) is 11.0. The molecule has 0 bridgehead atoms. The fourth-order valence-corrected chi connectivity index (χ4v) is 2.35. The molecule has 1 atom stereocenters. The molecule has 0 aromatic carbocycles. The minimum absolute atomic E-state index is 0.116. The highest BCUT2D eigenvalue weighted by atomic mass is 16.5. The maximum absolute atomic E-state index is 6.22. The monoisotopic (exact) mass is 185 g/mol. The van der Waals surface area contributed by atoms with E-state index in [0.717, 1.165) is 5.92 Å². The van der Waals surface area contributed by atoms with E-state index in [1.54, 1.807) is 7.11 Å². The largest absolute Gasteiger partial charge is 0.383 e. The normalized spacial score (nSPS) is 34.2. The van der Waals surface area contributed by atoms with Gasteiger partial charge >= 0.3 is 0 Å². The highest BCUT2D eigenvalue weighted by Crippen LogP contribution is 2.34. The Hall–Kier alpha value is -0.0800. The van der Waals surface area contributed by atoms with Crippen LogP contribution in [-0.4, -0.2) is 19.3 Å². The van der Waals surface area contributed by atoms with Gasteiger partial charge in [-0.05, 0) is 31.6 Å². The van der Waals surface area contributed by atoms with Crippen molar-refractivity contribution in [2.24, 2.45) is 17.6 Å². The third-order valence-corrected chi connectivity index (χ3v) is 3.40. The summed E-state index contributed by atoms with van der Waals surface area (Å²) in [5.41, 5.74) is 6.11. The molecule has 0 saturated heterocycles. The van der Waals surface area contributed by atoms with Gasteiger partial charge in [0.15, 0.2) is 0 Å². The molecule has 78 valence electrons. The lowest BCUT2D eigenvalue weighted by atomic mass is 9.73. The van der Waals surface area contributed by atoms with Crippen LogP contribution in [0.4, 0.5) is 0 Å². The van der Waals surface area contributed by atoms with E-state index in [-0.39, 0.29) is 5.54 Å². The first-order valence-electron chi connectivity index (χ1n) is 5.34. The van der Waals surface area contributed by atoms with E-state index >= 15 is 0 Å². The number of ether oxygens (including phenoxy) is 1. The van der Waals surface area contributed by atoms with Crippen LogP contribution in [0.1, 0.15) is 39.5 Å². The van der Waals surface area contributed by atoms with Gasteiger partial charge in [0.2, 0.25) is 0 Å². The van der Waals surface area contributed by atoms with Crippen molar-refractivity contribution < 1.29 is 4.74 Å². The van der Waals surface area contributed by atoms with Crippen LogP contribution >= 0.6 is 0 Å². The summed E-state index contributed by atoms with van der Waals surface area (Å²) in [5, 5.41) is 0. The molecule has 0 aromatic heterocycles. The molecule has 2 heteroatoms. The SMILES string of the molecule is COCC(C)(N)C1CCC(C)CC1. The quantitative estimate of drug-likeness (QED) is 0.731. The van der Waals surface area contributed by atoms with Gasteiger partial charge in [-0.15, -0.1) is 0 Å². The average Bonchev–Trinajstić information content (AvgIpc) is 2.05. The zero-order valence-corrected chi connectivity index (χ0v) is 9.18. The Kier molecular flexibility index (Phi) is 3.74. The van der Waals surface area contributed by atoms with Crippen molar-refractivity contribution in [2.45, 2.75) is 45.1 Å². The van der Waals surface area contributed by atoms with Crippen LogP contribution in [0.25, 0.3) is 0 Å². The van der Waals surface area contributed by atoms with Crippen LogP contribution in [0.3, 0.4) is 0 Å². The number of hydrogen-bond acceptors (Lipinski definition) is 2. The van der Waals surface area contributed by atoms with Crippen molar-refractivity contribution >= 4 is 0 Å². The molecule has 1 unspecified atom stereocenters. The summed E-state index contributed by atoms with van der Waals surface area (Å²) in [6.07, 6.45) is 5.22. The van der Waals surface area contributed by atoms with Gasteiger partial charge in [0.05, 0.1) is 6.61 Å². The fraction of sp³-hybridized carbons (Fsp3) is 1.00. The van der Waals surface area contributed by atoms with Crippen LogP contribution in [0.2, 0.25) is 0 Å². The van der Waals surface area contributed by atoms with Gasteiger partial charge in [-0.1, -0.05) is 19.8 Å². The van der Waals surface area contributed by atoms with Crippen LogP contribution in [0, 0.1) is 11.8 Å². The Morgan fingerprint density at radius 2 is 1.85 bits per heavy atom. The first-order valence-corrected chi connectivity index (χ1v) is 5.34. The molecule has 0 aromatic rings. The third-order valence-electron chi connectivity index (χ3n) is 3.40. The van der Waals surface area contributed by atoms with E-state index in [1.807, 2.05) is 0 Å². The fourth-order valence-electron chi connectivity index (χ4n) is 2.35. The van der Waals surface area contributed by atoms with Gasteiger partial charge < -0.3 is 10.5 Å². The first-order chi connectivity index (χ1) is 6.06. The predicted molar refractivity (Wildman–Crippen MR) is 55.6 cm³/mol. The lowest BCUT2D eigenvalue weighted by Gasteiger charge is -2.37. The van der Waals surface area contributed by atoms with Crippen molar-refractivity contribution in [3.8, 4) is 0 Å². The van der Waals surface area contributed by atoms with E-state index in [9.17, 15) is 0 Å². The molecule has 1 fully saturated rings. The van der Waals surface area contributed by atoms with Crippen molar-refractivity contribution in [1.82, 2.24) is 0 Å². The second kappa shape index (κ2) is 4.43. The molecule has 0 aliphatic heterocycles. The summed E-state index contributed by atoms with van der Waals surface area (Å²) in [6, 6.07) is 0. The number of methoxy groups -OCH3 is 1. The van der Waals surface area contributed by atoms with Gasteiger partial charge in [-0.2, -0.15) is 0 Å². The van der Waals surface area contributed by atoms with Crippen molar-refractivity contribution in [2.75, 3.05) is 13.7 Å². The lowest BCUT2D eigenvalue weighted by Crippen LogP contribution is -2.49. The van der Waals surface area contributed by atoms with E-state index in [1.165, 1.54) is 25.7 Å². The zero-order chi connectivity index (χ0) is 9.90. The molecule has 0 radical (unpaired) electrons. The van der Waals surface area contributed by atoms with Gasteiger partial charge in [-0.25, -0.2) is 0 Å². The molecule has 13 heavy (non-hydrogen) atoms. The topological polar surface area (TPSA) is 35.2 Å². The second-order valence-electron chi connectivity index (χ2n) is 4.90. The Balaban J connectivity index is 2.42. The molecule has 0 amide bonds. The molecular weight excluding hydrogens is 162 g/mol. The summed E-state index contributed by atoms with van der Waals surface area (Å²) in [5.74, 6) is 1.55. The maximum atomic E-state index is 6.22. The molecule has 2 N–H and O–H groups in total. The van der Waals surface area contributed by atoms with Crippen LogP contribution < -0.4 is 5.73 Å². The highest BCUT2D eigenvalue weighted by molar-refractivity contribution is 4.89. The molecule has 1 aliphatic rings. The molecular formula is C11H23NO. The van der Waals surface area contributed by atoms with Crippen LogP contribution in [-0.2, 0) is 4.74 Å². The van der Waals surface area contributed by atoms with Crippen LogP contribution in [0.15, 0.2) is 0 Å². The van der Waals surface area contributed by atoms with E-state index in [4.69, 9.17) is 10.5 Å². The summed E-state index contributed by atoms with van der Waals surface area (Å²) >= 11 is 0. The Bertz CT molecular complexity index is 148. The number of nitrogens with two attached hydrogens (primary N) is 1. The van der Waals surface area contributed by atoms with Gasteiger partial charge in [0, 0.05) is 12.6 Å². The lowest BCUT2D eigenvalue weighted by molar-refractivity contribution is 0.0831. The van der Waals surface area contributed by atoms with Crippen molar-refractivity contribution in [3.63, 3.8) is 0 Å². The zero-order valence-electron chi connectivity index (χ0n) is 9.18. The van der Waals surface area contributed by atoms with Gasteiger partial charge in [-0.3, -0.25) is 0 Å². The summed E-state index contributed by atoms with van der Waals surface area (Å²) in [4.78, 5) is 0. The number of rotatable bonds is 3. The summed E-state index contributed by atoms with van der Waals surface area (Å²) in [7, 11) is 1.73. The molecule has 1 aliphatic carbocycles. The molecule has 1 rings (SSSR count). The van der Waals surface area contributed by atoms with E-state index in [0.29, 0.717) is 12.5 Å². The van der Waals surface area contributed by atoms with Crippen molar-refractivity contribution in [1.29, 1.82) is 0 Å². The third kappa shape index (κ3) is 2.96. The Morgan fingerprint density at radius 1 is 1.31 bits per heavy atom. The Morgan fingerprint density at radius 3 is 2.31 bits per heavy atom. The molecule has 1 saturated carbocycles. The average molecular weight is 185 g/mol. The maximum Gasteiger partial charge on any atom is 0.0642 e. The molecule has 0 heterocycles. The highest BCUT2D eigenvalue weighted by Gasteiger charge is 2.32. The second-order valence-corrected chi connectivity index (χ2v) is 4.90. The predicted octanol–water partition coefficient (Wildman–Crippen LogP) is 2.18. The molecule has 0 spiro atoms. The minimum Gasteiger partial charge on any atom is -0.383 e. The smallest absolute Gasteiger partial charge is 0.0642 e. The molecule has 2 nitrogen and oxygen atoms in total. The summed E-state index contributed by atoms with van der Waals surface area (Å²) in [6.45, 7) is 5.14. The van der Waals surface area contributed by atoms with Gasteiger partial charge in [0.1, 0.15) is 0 Å². The number of hydrogen-bond donors (Lipinski definition) is 1. The standard InChI is InChI=1S/C11H23NO/c1-9-4-6-10(7-5-9)11(2,12)8-13-3/h9-10H,4-8,12H2,1-3H3. The van der Waals surface area contributed by atoms with Gasteiger partial charge in [0.25, 0.3) is 0 Å². The van der Waals surface area contributed by atoms with E-state index in [2.05, 4.69) is 13.8 Å². The van der Waals surface area contributed by atoms with Crippen molar-refractivity contribution in [3.05, 3.63) is 0 Å². The Labute approximate surface area is 81.8 Å². The summed E-state index contributed by atoms with van der Waals surface area (Å²) < 4.78 is 5.16. The van der Waals surface area contributed by atoms with E-state index < -0.39 is 0 Å².